The van der Waals surface area contributed by atoms with Gasteiger partial charge in [-0.1, -0.05) is 47.5 Å². The van der Waals surface area contributed by atoms with E-state index >= 15 is 0 Å². The molecule has 1 N–H and O–H groups in total. The van der Waals surface area contributed by atoms with Crippen LogP contribution in [0.1, 0.15) is 6.92 Å². The fourth-order valence-electron chi connectivity index (χ4n) is 1.82. The highest BCUT2D eigenvalue weighted by Crippen LogP contribution is 2.30. The number of nitrogens with one attached hydrogen (secondary N) is 1. The van der Waals surface area contributed by atoms with Crippen molar-refractivity contribution in [2.75, 3.05) is 17.7 Å². The predicted octanol–water partition coefficient (Wildman–Crippen LogP) is 5.13. The van der Waals surface area contributed by atoms with E-state index in [2.05, 4.69) is 5.32 Å². The number of hydrogen-bond acceptors (Lipinski definition) is 3. The Bertz CT molecular complexity index is 632. The molecule has 0 bridgehead atoms. The van der Waals surface area contributed by atoms with Crippen molar-refractivity contribution in [3.8, 4) is 5.75 Å². The number of carbonyl (C=O) groups excluding carboxylic acids is 1. The van der Waals surface area contributed by atoms with Gasteiger partial charge in [0, 0.05) is 5.75 Å². The van der Waals surface area contributed by atoms with Crippen LogP contribution in [0.3, 0.4) is 0 Å². The van der Waals surface area contributed by atoms with Crippen LogP contribution in [0, 0.1) is 0 Å². The minimum atomic E-state index is -0.235. The van der Waals surface area contributed by atoms with Crippen LogP contribution >= 0.6 is 35.0 Å². The summed E-state index contributed by atoms with van der Waals surface area (Å²) in [7, 11) is 0. The fraction of sp³-hybridized carbons (Fsp3) is 0.235. The summed E-state index contributed by atoms with van der Waals surface area (Å²) < 4.78 is 5.60. The van der Waals surface area contributed by atoms with Gasteiger partial charge in [-0.3, -0.25) is 4.79 Å². The van der Waals surface area contributed by atoms with Crippen molar-refractivity contribution in [2.24, 2.45) is 0 Å². The van der Waals surface area contributed by atoms with E-state index in [4.69, 9.17) is 27.9 Å². The first-order valence-corrected chi connectivity index (χ1v) is 8.92. The second-order valence-electron chi connectivity index (χ2n) is 4.76. The largest absolute Gasteiger partial charge is 0.493 e. The summed E-state index contributed by atoms with van der Waals surface area (Å²) in [5.74, 6) is 1.40. The summed E-state index contributed by atoms with van der Waals surface area (Å²) in [6, 6.07) is 14.7. The number of benzene rings is 2. The number of halogens is 2. The van der Waals surface area contributed by atoms with Crippen LogP contribution < -0.4 is 10.1 Å². The van der Waals surface area contributed by atoms with Crippen molar-refractivity contribution in [2.45, 2.75) is 12.2 Å². The highest BCUT2D eigenvalue weighted by atomic mass is 35.5. The number of ether oxygens (including phenoxy) is 1. The van der Waals surface area contributed by atoms with Crippen LogP contribution in [-0.2, 0) is 4.79 Å². The molecule has 0 aliphatic carbocycles. The SMILES string of the molecule is CC(SCCOc1ccccc1)C(=O)Nc1c(Cl)cccc1Cl. The number of thioether (sulfide) groups is 1. The van der Waals surface area contributed by atoms with Crippen molar-refractivity contribution in [1.82, 2.24) is 0 Å². The molecule has 1 atom stereocenters. The van der Waals surface area contributed by atoms with Crippen molar-refractivity contribution >= 4 is 46.6 Å². The van der Waals surface area contributed by atoms with E-state index in [1.54, 1.807) is 18.2 Å². The maximum atomic E-state index is 12.2. The standard InChI is InChI=1S/C17H17Cl2NO2S/c1-12(23-11-10-22-13-6-3-2-4-7-13)17(21)20-16-14(18)8-5-9-15(16)19/h2-9,12H,10-11H2,1H3,(H,20,21). The van der Waals surface area contributed by atoms with Gasteiger partial charge in [0.1, 0.15) is 5.75 Å². The van der Waals surface area contributed by atoms with Gasteiger partial charge in [-0.15, -0.1) is 11.8 Å². The Balaban J connectivity index is 1.77. The number of hydrogen-bond donors (Lipinski definition) is 1. The first-order valence-electron chi connectivity index (χ1n) is 7.12. The average Bonchev–Trinajstić information content (AvgIpc) is 2.55. The Kier molecular flexibility index (Phi) is 7.09. The molecule has 0 spiro atoms. The topological polar surface area (TPSA) is 38.3 Å². The number of carbonyl (C=O) groups is 1. The second kappa shape index (κ2) is 9.06. The van der Waals surface area contributed by atoms with Crippen LogP contribution in [0.2, 0.25) is 10.0 Å². The van der Waals surface area contributed by atoms with Gasteiger partial charge in [0.2, 0.25) is 5.91 Å². The summed E-state index contributed by atoms with van der Waals surface area (Å²) in [5, 5.41) is 3.39. The van der Waals surface area contributed by atoms with Gasteiger partial charge < -0.3 is 10.1 Å². The zero-order chi connectivity index (χ0) is 16.7. The molecule has 2 rings (SSSR count). The van der Waals surface area contributed by atoms with Gasteiger partial charge in [-0.25, -0.2) is 0 Å². The van der Waals surface area contributed by atoms with Crippen LogP contribution in [0.4, 0.5) is 5.69 Å². The van der Waals surface area contributed by atoms with Gasteiger partial charge in [0.15, 0.2) is 0 Å². The normalized spacial score (nSPS) is 11.8. The summed E-state index contributed by atoms with van der Waals surface area (Å²) in [6.45, 7) is 2.38. The lowest BCUT2D eigenvalue weighted by atomic mass is 10.3. The monoisotopic (exact) mass is 369 g/mol. The highest BCUT2D eigenvalue weighted by Gasteiger charge is 2.16. The van der Waals surface area contributed by atoms with Crippen LogP contribution in [0.5, 0.6) is 5.75 Å². The smallest absolute Gasteiger partial charge is 0.237 e. The Labute approximate surface area is 150 Å². The van der Waals surface area contributed by atoms with E-state index < -0.39 is 0 Å². The molecule has 0 aliphatic rings. The molecule has 1 amide bonds. The van der Waals surface area contributed by atoms with E-state index in [0.29, 0.717) is 28.1 Å². The number of amides is 1. The van der Waals surface area contributed by atoms with Gasteiger partial charge in [-0.2, -0.15) is 0 Å². The summed E-state index contributed by atoms with van der Waals surface area (Å²) in [5.41, 5.74) is 0.453. The molecule has 2 aromatic carbocycles. The molecule has 0 saturated heterocycles. The van der Waals surface area contributed by atoms with E-state index in [9.17, 15) is 4.79 Å². The summed E-state index contributed by atoms with van der Waals surface area (Å²) in [4.78, 5) is 12.2. The molecular formula is C17H17Cl2NO2S. The molecule has 0 saturated carbocycles. The van der Waals surface area contributed by atoms with Gasteiger partial charge in [0.25, 0.3) is 0 Å². The van der Waals surface area contributed by atoms with Crippen LogP contribution in [0.15, 0.2) is 48.5 Å². The molecule has 6 heteroatoms. The molecule has 0 fully saturated rings. The third-order valence-electron chi connectivity index (χ3n) is 3.04. The summed E-state index contributed by atoms with van der Waals surface area (Å²) >= 11 is 13.6. The molecule has 23 heavy (non-hydrogen) atoms. The quantitative estimate of drug-likeness (QED) is 0.687. The van der Waals surface area contributed by atoms with Crippen molar-refractivity contribution in [1.29, 1.82) is 0 Å². The summed E-state index contributed by atoms with van der Waals surface area (Å²) in [6.07, 6.45) is 0. The van der Waals surface area contributed by atoms with Crippen LogP contribution in [0.25, 0.3) is 0 Å². The maximum Gasteiger partial charge on any atom is 0.237 e. The number of para-hydroxylation sites is 2. The molecule has 0 radical (unpaired) electrons. The number of anilines is 1. The third-order valence-corrected chi connectivity index (χ3v) is 4.79. The van der Waals surface area contributed by atoms with E-state index in [-0.39, 0.29) is 11.2 Å². The molecular weight excluding hydrogens is 353 g/mol. The molecule has 3 nitrogen and oxygen atoms in total. The predicted molar refractivity (Wildman–Crippen MR) is 98.9 cm³/mol. The van der Waals surface area contributed by atoms with Gasteiger partial charge >= 0.3 is 0 Å². The molecule has 122 valence electrons. The lowest BCUT2D eigenvalue weighted by Crippen LogP contribution is -2.23. The second-order valence-corrected chi connectivity index (χ2v) is 7.02. The molecule has 1 unspecified atom stereocenters. The van der Waals surface area contributed by atoms with Gasteiger partial charge in [0.05, 0.1) is 27.6 Å². The Morgan fingerprint density at radius 3 is 2.43 bits per heavy atom. The molecule has 2 aromatic rings. The minimum Gasteiger partial charge on any atom is -0.493 e. The van der Waals surface area contributed by atoms with Crippen molar-refractivity contribution in [3.05, 3.63) is 58.6 Å². The molecule has 0 heterocycles. The average molecular weight is 370 g/mol. The fourth-order valence-corrected chi connectivity index (χ4v) is 3.05. The van der Waals surface area contributed by atoms with Crippen molar-refractivity contribution in [3.63, 3.8) is 0 Å². The maximum absolute atomic E-state index is 12.2. The highest BCUT2D eigenvalue weighted by molar-refractivity contribution is 8.00. The van der Waals surface area contributed by atoms with Crippen molar-refractivity contribution < 1.29 is 9.53 Å². The minimum absolute atomic E-state index is 0.135. The van der Waals surface area contributed by atoms with Crippen LogP contribution in [-0.4, -0.2) is 23.5 Å². The first-order chi connectivity index (χ1) is 11.1. The Morgan fingerprint density at radius 1 is 1.13 bits per heavy atom. The number of rotatable bonds is 7. The lowest BCUT2D eigenvalue weighted by molar-refractivity contribution is -0.115. The molecule has 0 aliphatic heterocycles. The third kappa shape index (κ3) is 5.65. The van der Waals surface area contributed by atoms with E-state index in [1.807, 2.05) is 37.3 Å². The van der Waals surface area contributed by atoms with Gasteiger partial charge in [-0.05, 0) is 31.2 Å². The lowest BCUT2D eigenvalue weighted by Gasteiger charge is -2.14. The zero-order valence-electron chi connectivity index (χ0n) is 12.6. The Morgan fingerprint density at radius 2 is 1.78 bits per heavy atom. The van der Waals surface area contributed by atoms with E-state index in [0.717, 1.165) is 5.75 Å². The molecule has 0 aromatic heterocycles. The first kappa shape index (κ1) is 18.0. The zero-order valence-corrected chi connectivity index (χ0v) is 14.9. The Hall–Kier alpha value is -1.36. The van der Waals surface area contributed by atoms with E-state index in [1.165, 1.54) is 11.8 Å².